The molecule has 0 spiro atoms. The second-order valence-corrected chi connectivity index (χ2v) is 29.1. The molecule has 0 aliphatic carbocycles. The van der Waals surface area contributed by atoms with Crippen LogP contribution in [0.3, 0.4) is 0 Å². The van der Waals surface area contributed by atoms with Crippen LogP contribution in [0.15, 0.2) is 91.0 Å². The number of alkyl halides is 1. The standard InChI is InChI=1S/C50H77IO5Si2/c1-11-24-46(52-36-40-25-18-15-19-26-40)48(51)47-34-33-45(55-47)39(7)49(56-57(12-2,13-3)14-4)38(6)44-32-31-43(54-44)37(5)35-53-58(50(8,9)10,41-27-20-16-21-28-41)42-29-22-17-23-30-42/h15-23,25-30,37-39,43-49H,11-14,24,31-36H2,1-10H3/t37-,38+,39+,43+,44-,45+,46-,47-,48?,49+/m0/s1. The lowest BCUT2D eigenvalue weighted by molar-refractivity contribution is -0.0848. The summed E-state index contributed by atoms with van der Waals surface area (Å²) in [7, 11) is -4.55. The maximum atomic E-state index is 7.56. The van der Waals surface area contributed by atoms with Crippen molar-refractivity contribution < 1.29 is 23.1 Å². The lowest BCUT2D eigenvalue weighted by atomic mass is 9.84. The van der Waals surface area contributed by atoms with Crippen LogP contribution >= 0.6 is 22.6 Å². The van der Waals surface area contributed by atoms with E-state index in [0.29, 0.717) is 17.1 Å². The van der Waals surface area contributed by atoms with E-state index in [1.54, 1.807) is 0 Å². The molecule has 3 aromatic carbocycles. The fourth-order valence-electron chi connectivity index (χ4n) is 9.97. The number of ether oxygens (including phenoxy) is 3. The van der Waals surface area contributed by atoms with Gasteiger partial charge < -0.3 is 23.1 Å². The van der Waals surface area contributed by atoms with Gasteiger partial charge in [0.1, 0.15) is 0 Å². The summed E-state index contributed by atoms with van der Waals surface area (Å²) in [4.78, 5) is 0. The average Bonchev–Trinajstić information content (AvgIpc) is 3.95. The predicted octanol–water partition coefficient (Wildman–Crippen LogP) is 12.1. The summed E-state index contributed by atoms with van der Waals surface area (Å²) in [5.41, 5.74) is 1.23. The maximum absolute atomic E-state index is 7.56. The molecular formula is C50H77IO5Si2. The SMILES string of the molecule is CCC[C@H](OCc1ccccc1)C(I)[C@@H]1CC[C@H]([C@@H](C)[C@H](O[Si](CC)(CC)CC)[C@H](C)[C@@H]2CC[C@H]([C@@H](C)CO[Si](c3ccccc3)(c3ccccc3)C(C)(C)C)O2)O1. The molecule has 2 heterocycles. The third-order valence-electron chi connectivity index (χ3n) is 13.9. The molecule has 5 rings (SSSR count). The van der Waals surface area contributed by atoms with Crippen LogP contribution in [0.2, 0.25) is 23.2 Å². The molecule has 2 aliphatic heterocycles. The molecule has 322 valence electrons. The first-order valence-electron chi connectivity index (χ1n) is 22.9. The molecule has 0 radical (unpaired) electrons. The fourth-order valence-corrected chi connectivity index (χ4v) is 18.7. The Morgan fingerprint density at radius 2 is 1.14 bits per heavy atom. The van der Waals surface area contributed by atoms with Gasteiger partial charge in [-0.15, -0.1) is 0 Å². The summed E-state index contributed by atoms with van der Waals surface area (Å²) < 4.78 is 36.1. The van der Waals surface area contributed by atoms with Crippen LogP contribution in [0, 0.1) is 17.8 Å². The van der Waals surface area contributed by atoms with E-state index in [2.05, 4.69) is 183 Å². The molecule has 0 N–H and O–H groups in total. The lowest BCUT2D eigenvalue weighted by Gasteiger charge is -2.44. The first-order chi connectivity index (χ1) is 27.8. The van der Waals surface area contributed by atoms with E-state index in [-0.39, 0.29) is 59.4 Å². The highest BCUT2D eigenvalue weighted by Gasteiger charge is 2.51. The average molecular weight is 941 g/mol. The molecule has 8 heteroatoms. The van der Waals surface area contributed by atoms with Crippen molar-refractivity contribution in [3.8, 4) is 0 Å². The minimum absolute atomic E-state index is 0.0529. The Bertz CT molecular complexity index is 1550. The fraction of sp³-hybridized carbons (Fsp3) is 0.640. The van der Waals surface area contributed by atoms with Gasteiger partial charge in [0.15, 0.2) is 8.32 Å². The highest BCUT2D eigenvalue weighted by atomic mass is 127. The van der Waals surface area contributed by atoms with Gasteiger partial charge in [-0.3, -0.25) is 0 Å². The third kappa shape index (κ3) is 11.4. The Balaban J connectivity index is 1.29. The highest BCUT2D eigenvalue weighted by molar-refractivity contribution is 14.1. The summed E-state index contributed by atoms with van der Waals surface area (Å²) in [5, 5.41) is 2.60. The molecule has 0 aromatic heterocycles. The lowest BCUT2D eigenvalue weighted by Crippen LogP contribution is -2.67. The molecule has 5 nitrogen and oxygen atoms in total. The maximum Gasteiger partial charge on any atom is 0.261 e. The van der Waals surface area contributed by atoms with Crippen molar-refractivity contribution in [2.24, 2.45) is 17.8 Å². The van der Waals surface area contributed by atoms with Crippen LogP contribution in [0.1, 0.15) is 113 Å². The van der Waals surface area contributed by atoms with Crippen LogP contribution in [-0.2, 0) is 29.7 Å². The number of hydrogen-bond acceptors (Lipinski definition) is 5. The molecule has 0 amide bonds. The monoisotopic (exact) mass is 940 g/mol. The Hall–Kier alpha value is -1.38. The number of benzene rings is 3. The van der Waals surface area contributed by atoms with Gasteiger partial charge in [0.25, 0.3) is 8.32 Å². The van der Waals surface area contributed by atoms with Crippen molar-refractivity contribution in [3.63, 3.8) is 0 Å². The van der Waals surface area contributed by atoms with Gasteiger partial charge in [-0.2, -0.15) is 0 Å². The minimum atomic E-state index is -2.63. The summed E-state index contributed by atoms with van der Waals surface area (Å²) >= 11 is 2.64. The van der Waals surface area contributed by atoms with Gasteiger partial charge >= 0.3 is 0 Å². The van der Waals surface area contributed by atoms with Crippen LogP contribution in [0.4, 0.5) is 0 Å². The van der Waals surface area contributed by atoms with Crippen molar-refractivity contribution in [2.75, 3.05) is 6.61 Å². The highest BCUT2D eigenvalue weighted by Crippen LogP contribution is 2.42. The van der Waals surface area contributed by atoms with Crippen LogP contribution in [0.5, 0.6) is 0 Å². The first-order valence-corrected chi connectivity index (χ1v) is 28.5. The number of halogens is 1. The van der Waals surface area contributed by atoms with Crippen LogP contribution in [0.25, 0.3) is 0 Å². The van der Waals surface area contributed by atoms with Gasteiger partial charge in [0.2, 0.25) is 0 Å². The molecule has 2 fully saturated rings. The van der Waals surface area contributed by atoms with E-state index in [1.165, 1.54) is 15.9 Å². The summed E-state index contributed by atoms with van der Waals surface area (Å²) in [6.45, 7) is 24.9. The third-order valence-corrected chi connectivity index (χ3v) is 25.2. The zero-order valence-corrected chi connectivity index (χ0v) is 41.8. The topological polar surface area (TPSA) is 46.2 Å². The first kappa shape index (κ1) is 47.7. The van der Waals surface area contributed by atoms with E-state index in [0.717, 1.165) is 56.7 Å². The van der Waals surface area contributed by atoms with E-state index < -0.39 is 16.6 Å². The zero-order valence-electron chi connectivity index (χ0n) is 37.6. The van der Waals surface area contributed by atoms with E-state index in [9.17, 15) is 0 Å². The molecule has 1 unspecified atom stereocenters. The van der Waals surface area contributed by atoms with Gasteiger partial charge in [0.05, 0.1) is 47.2 Å². The molecule has 0 saturated carbocycles. The smallest absolute Gasteiger partial charge is 0.261 e. The predicted molar refractivity (Wildman–Crippen MR) is 257 cm³/mol. The zero-order chi connectivity index (χ0) is 41.9. The second-order valence-electron chi connectivity index (χ2n) is 18.6. The Morgan fingerprint density at radius 3 is 1.62 bits per heavy atom. The van der Waals surface area contributed by atoms with E-state index >= 15 is 0 Å². The van der Waals surface area contributed by atoms with E-state index in [4.69, 9.17) is 23.1 Å². The Labute approximate surface area is 369 Å². The normalized spacial score (nSPS) is 23.6. The molecule has 2 aliphatic rings. The molecule has 58 heavy (non-hydrogen) atoms. The van der Waals surface area contributed by atoms with Gasteiger partial charge in [-0.1, -0.05) is 189 Å². The number of rotatable bonds is 22. The summed E-state index contributed by atoms with van der Waals surface area (Å²) in [6, 6.07) is 36.0. The second kappa shape index (κ2) is 22.1. The van der Waals surface area contributed by atoms with Gasteiger partial charge in [0, 0.05) is 24.4 Å². The van der Waals surface area contributed by atoms with E-state index in [1.807, 2.05) is 0 Å². The Morgan fingerprint density at radius 1 is 0.672 bits per heavy atom. The van der Waals surface area contributed by atoms with Crippen molar-refractivity contribution in [3.05, 3.63) is 96.6 Å². The van der Waals surface area contributed by atoms with Crippen molar-refractivity contribution >= 4 is 49.6 Å². The van der Waals surface area contributed by atoms with Crippen LogP contribution in [-0.4, -0.2) is 63.8 Å². The number of hydrogen-bond donors (Lipinski definition) is 0. The Kier molecular flexibility index (Phi) is 18.2. The van der Waals surface area contributed by atoms with Crippen molar-refractivity contribution in [1.29, 1.82) is 0 Å². The van der Waals surface area contributed by atoms with Crippen molar-refractivity contribution in [2.45, 2.75) is 178 Å². The van der Waals surface area contributed by atoms with Gasteiger partial charge in [-0.05, 0) is 71.2 Å². The molecular weight excluding hydrogens is 864 g/mol. The van der Waals surface area contributed by atoms with Crippen LogP contribution < -0.4 is 10.4 Å². The largest absolute Gasteiger partial charge is 0.413 e. The molecule has 0 bridgehead atoms. The van der Waals surface area contributed by atoms with Gasteiger partial charge in [-0.25, -0.2) is 0 Å². The molecule has 10 atom stereocenters. The molecule has 3 aromatic rings. The minimum Gasteiger partial charge on any atom is -0.413 e. The van der Waals surface area contributed by atoms with Crippen molar-refractivity contribution in [1.82, 2.24) is 0 Å². The molecule has 2 saturated heterocycles. The summed E-state index contributed by atoms with van der Waals surface area (Å²) in [6.07, 6.45) is 7.32. The quantitative estimate of drug-likeness (QED) is 0.0571. The summed E-state index contributed by atoms with van der Waals surface area (Å²) in [5.74, 6) is 0.806.